The highest BCUT2D eigenvalue weighted by Gasteiger charge is 2.38. The van der Waals surface area contributed by atoms with Crippen LogP contribution in [0.4, 0.5) is 0 Å². The van der Waals surface area contributed by atoms with Gasteiger partial charge in [0.15, 0.2) is 0 Å². The Hall–Kier alpha value is -0.850. The number of nitrogens with two attached hydrogens (primary N) is 1. The molecular formula is C18H29Cl2N3O2. The second kappa shape index (κ2) is 9.74. The van der Waals surface area contributed by atoms with E-state index in [1.807, 2.05) is 6.07 Å². The Bertz CT molecular complexity index is 538. The van der Waals surface area contributed by atoms with Crippen LogP contribution in [0.3, 0.4) is 0 Å². The molecule has 2 unspecified atom stereocenters. The van der Waals surface area contributed by atoms with E-state index in [4.69, 9.17) is 10.5 Å². The molecule has 1 aromatic carbocycles. The van der Waals surface area contributed by atoms with Gasteiger partial charge in [0.05, 0.1) is 5.54 Å². The van der Waals surface area contributed by atoms with Crippen molar-refractivity contribution >= 4 is 30.7 Å². The van der Waals surface area contributed by atoms with Crippen molar-refractivity contribution in [2.45, 2.75) is 43.8 Å². The molecule has 0 spiro atoms. The quantitative estimate of drug-likeness (QED) is 0.828. The fraction of sp³-hybridized carbons (Fsp3) is 0.611. The third-order valence-corrected chi connectivity index (χ3v) is 5.22. The van der Waals surface area contributed by atoms with Gasteiger partial charge >= 0.3 is 0 Å². The van der Waals surface area contributed by atoms with E-state index in [0.29, 0.717) is 32.1 Å². The molecule has 2 heterocycles. The highest BCUT2D eigenvalue weighted by molar-refractivity contribution is 5.86. The maximum Gasteiger partial charge on any atom is 0.240 e. The topological polar surface area (TPSA) is 67.6 Å². The van der Waals surface area contributed by atoms with Gasteiger partial charge in [-0.1, -0.05) is 30.3 Å². The van der Waals surface area contributed by atoms with Gasteiger partial charge in [0, 0.05) is 38.4 Å². The number of amides is 1. The van der Waals surface area contributed by atoms with E-state index >= 15 is 0 Å². The zero-order valence-corrected chi connectivity index (χ0v) is 16.3. The zero-order valence-electron chi connectivity index (χ0n) is 14.6. The SMILES string of the molecule is CC(c1ccccc1)N1CCC(NC(=O)C2(N)CCOCC2)C1.Cl.Cl. The van der Waals surface area contributed by atoms with Gasteiger partial charge in [0.2, 0.25) is 5.91 Å². The number of likely N-dealkylation sites (tertiary alicyclic amines) is 1. The molecule has 2 aliphatic rings. The van der Waals surface area contributed by atoms with Gasteiger partial charge in [0.25, 0.3) is 0 Å². The highest BCUT2D eigenvalue weighted by Crippen LogP contribution is 2.25. The predicted octanol–water partition coefficient (Wildman–Crippen LogP) is 2.29. The van der Waals surface area contributed by atoms with Crippen LogP contribution >= 0.6 is 24.8 Å². The lowest BCUT2D eigenvalue weighted by Crippen LogP contribution is -2.59. The maximum absolute atomic E-state index is 12.5. The lowest BCUT2D eigenvalue weighted by molar-refractivity contribution is -0.130. The zero-order chi connectivity index (χ0) is 16.3. The molecule has 3 rings (SSSR count). The van der Waals surface area contributed by atoms with Gasteiger partial charge in [-0.25, -0.2) is 0 Å². The van der Waals surface area contributed by atoms with Crippen molar-refractivity contribution in [3.05, 3.63) is 35.9 Å². The molecule has 1 amide bonds. The van der Waals surface area contributed by atoms with E-state index in [1.165, 1.54) is 5.56 Å². The molecule has 0 radical (unpaired) electrons. The van der Waals surface area contributed by atoms with Crippen LogP contribution in [0.25, 0.3) is 0 Å². The van der Waals surface area contributed by atoms with Crippen LogP contribution < -0.4 is 11.1 Å². The largest absolute Gasteiger partial charge is 0.381 e. The molecule has 25 heavy (non-hydrogen) atoms. The molecule has 7 heteroatoms. The van der Waals surface area contributed by atoms with Crippen molar-refractivity contribution in [2.24, 2.45) is 5.73 Å². The number of rotatable bonds is 4. The number of hydrogen-bond donors (Lipinski definition) is 2. The summed E-state index contributed by atoms with van der Waals surface area (Å²) in [4.78, 5) is 14.9. The number of ether oxygens (including phenoxy) is 1. The molecule has 2 saturated heterocycles. The summed E-state index contributed by atoms with van der Waals surface area (Å²) in [7, 11) is 0. The number of benzene rings is 1. The molecule has 0 bridgehead atoms. The number of hydrogen-bond acceptors (Lipinski definition) is 4. The molecule has 1 aromatic rings. The maximum atomic E-state index is 12.5. The van der Waals surface area contributed by atoms with E-state index < -0.39 is 5.54 Å². The summed E-state index contributed by atoms with van der Waals surface area (Å²) in [5.74, 6) is -0.0139. The molecule has 2 aliphatic heterocycles. The Labute approximate surface area is 162 Å². The van der Waals surface area contributed by atoms with E-state index in [2.05, 4.69) is 41.4 Å². The summed E-state index contributed by atoms with van der Waals surface area (Å²) in [5, 5.41) is 3.16. The van der Waals surface area contributed by atoms with Crippen LogP contribution in [0.1, 0.15) is 37.8 Å². The normalized spacial score (nSPS) is 23.8. The molecule has 0 saturated carbocycles. The van der Waals surface area contributed by atoms with Gasteiger partial charge < -0.3 is 15.8 Å². The average molecular weight is 390 g/mol. The molecule has 2 atom stereocenters. The van der Waals surface area contributed by atoms with Crippen molar-refractivity contribution in [3.8, 4) is 0 Å². The molecule has 2 fully saturated rings. The second-order valence-corrected chi connectivity index (χ2v) is 6.81. The minimum atomic E-state index is -0.753. The first kappa shape index (κ1) is 22.2. The Morgan fingerprint density at radius 2 is 1.92 bits per heavy atom. The summed E-state index contributed by atoms with van der Waals surface area (Å²) in [6.07, 6.45) is 2.20. The van der Waals surface area contributed by atoms with Crippen LogP contribution in [0, 0.1) is 0 Å². The smallest absolute Gasteiger partial charge is 0.240 e. The number of carbonyl (C=O) groups excluding carboxylic acids is 1. The van der Waals surface area contributed by atoms with Crippen molar-refractivity contribution in [3.63, 3.8) is 0 Å². The summed E-state index contributed by atoms with van der Waals surface area (Å²) in [6.45, 7) is 5.26. The Morgan fingerprint density at radius 3 is 2.56 bits per heavy atom. The first-order valence-electron chi connectivity index (χ1n) is 8.55. The van der Waals surface area contributed by atoms with Gasteiger partial charge in [-0.05, 0) is 31.7 Å². The lowest BCUT2D eigenvalue weighted by atomic mass is 9.90. The second-order valence-electron chi connectivity index (χ2n) is 6.81. The van der Waals surface area contributed by atoms with Crippen molar-refractivity contribution < 1.29 is 9.53 Å². The minimum Gasteiger partial charge on any atom is -0.381 e. The van der Waals surface area contributed by atoms with Crippen LogP contribution in [0.15, 0.2) is 30.3 Å². The summed E-state index contributed by atoms with van der Waals surface area (Å²) in [5.41, 5.74) is 6.83. The van der Waals surface area contributed by atoms with E-state index in [1.54, 1.807) is 0 Å². The average Bonchev–Trinajstić information content (AvgIpc) is 3.04. The molecular weight excluding hydrogens is 361 g/mol. The number of carbonyl (C=O) groups is 1. The van der Waals surface area contributed by atoms with E-state index in [0.717, 1.165) is 19.5 Å². The van der Waals surface area contributed by atoms with Crippen molar-refractivity contribution in [2.75, 3.05) is 26.3 Å². The molecule has 0 aliphatic carbocycles. The molecule has 0 aromatic heterocycles. The number of nitrogens with zero attached hydrogens (tertiary/aromatic N) is 1. The number of halogens is 2. The van der Waals surface area contributed by atoms with Crippen LogP contribution in [0.2, 0.25) is 0 Å². The standard InChI is InChI=1S/C18H27N3O2.2ClH/c1-14(15-5-3-2-4-6-15)21-10-7-16(13-21)20-17(22)18(19)8-11-23-12-9-18;;/h2-6,14,16H,7-13,19H2,1H3,(H,20,22);2*1H. The summed E-state index contributed by atoms with van der Waals surface area (Å²) in [6, 6.07) is 11.1. The van der Waals surface area contributed by atoms with E-state index in [-0.39, 0.29) is 36.8 Å². The van der Waals surface area contributed by atoms with Gasteiger partial charge in [-0.15, -0.1) is 24.8 Å². The Morgan fingerprint density at radius 1 is 1.28 bits per heavy atom. The van der Waals surface area contributed by atoms with Gasteiger partial charge in [0.1, 0.15) is 0 Å². The van der Waals surface area contributed by atoms with Crippen molar-refractivity contribution in [1.82, 2.24) is 10.2 Å². The van der Waals surface area contributed by atoms with Gasteiger partial charge in [-0.3, -0.25) is 9.69 Å². The molecule has 142 valence electrons. The highest BCUT2D eigenvalue weighted by atomic mass is 35.5. The van der Waals surface area contributed by atoms with Crippen LogP contribution in [-0.4, -0.2) is 48.7 Å². The third kappa shape index (κ3) is 5.31. The molecule has 5 nitrogen and oxygen atoms in total. The van der Waals surface area contributed by atoms with Crippen LogP contribution in [-0.2, 0) is 9.53 Å². The minimum absolute atomic E-state index is 0. The first-order valence-corrected chi connectivity index (χ1v) is 8.55. The van der Waals surface area contributed by atoms with E-state index in [9.17, 15) is 4.79 Å². The Balaban J connectivity index is 0.00000156. The summed E-state index contributed by atoms with van der Waals surface area (Å²) < 4.78 is 5.31. The van der Waals surface area contributed by atoms with Crippen LogP contribution in [0.5, 0.6) is 0 Å². The summed E-state index contributed by atoms with van der Waals surface area (Å²) >= 11 is 0. The lowest BCUT2D eigenvalue weighted by Gasteiger charge is -2.33. The monoisotopic (exact) mass is 389 g/mol. The predicted molar refractivity (Wildman–Crippen MR) is 104 cm³/mol. The fourth-order valence-electron chi connectivity index (χ4n) is 3.49. The first-order chi connectivity index (χ1) is 11.1. The third-order valence-electron chi connectivity index (χ3n) is 5.22. The van der Waals surface area contributed by atoms with Gasteiger partial charge in [-0.2, -0.15) is 0 Å². The molecule has 3 N–H and O–H groups in total. The number of nitrogens with one attached hydrogen (secondary N) is 1. The fourth-order valence-corrected chi connectivity index (χ4v) is 3.49. The Kier molecular flexibility index (Phi) is 8.64. The van der Waals surface area contributed by atoms with Crippen molar-refractivity contribution in [1.29, 1.82) is 0 Å².